The van der Waals surface area contributed by atoms with Crippen LogP contribution in [0.4, 0.5) is 11.4 Å². The van der Waals surface area contributed by atoms with Crippen molar-refractivity contribution < 1.29 is 4.79 Å². The van der Waals surface area contributed by atoms with Crippen LogP contribution in [-0.2, 0) is 0 Å². The number of amidine groups is 1. The number of benzene rings is 3. The first-order chi connectivity index (χ1) is 13.1. The molecule has 0 heterocycles. The monoisotopic (exact) mass is 378 g/mol. The van der Waals surface area contributed by atoms with Gasteiger partial charge >= 0.3 is 0 Å². The van der Waals surface area contributed by atoms with Crippen LogP contribution in [0, 0.1) is 0 Å². The van der Waals surface area contributed by atoms with Crippen LogP contribution in [0.1, 0.15) is 10.4 Å². The maximum absolute atomic E-state index is 12.9. The normalized spacial score (nSPS) is 11.0. The highest BCUT2D eigenvalue weighted by Gasteiger charge is 2.16. The lowest BCUT2D eigenvalue weighted by Gasteiger charge is -2.22. The molecule has 0 spiro atoms. The van der Waals surface area contributed by atoms with Gasteiger partial charge < -0.3 is 0 Å². The van der Waals surface area contributed by atoms with Crippen molar-refractivity contribution in [2.45, 2.75) is 0 Å². The number of hydrogen-bond acceptors (Lipinski definition) is 4. The van der Waals surface area contributed by atoms with Crippen molar-refractivity contribution in [3.63, 3.8) is 0 Å². The molecule has 0 saturated heterocycles. The number of carbonyl (C=O) groups is 1. The van der Waals surface area contributed by atoms with Gasteiger partial charge in [0.05, 0.1) is 11.4 Å². The molecule has 0 fully saturated rings. The predicted molar refractivity (Wildman–Crippen MR) is 111 cm³/mol. The van der Waals surface area contributed by atoms with Gasteiger partial charge in [0.2, 0.25) is 11.6 Å². The standard InChI is InChI=1S/C21H19ClN4O/c1-26(19-10-6-3-7-11-19)25-21(20(27)16-8-4-2-5-9-16)24-23-18-14-12-17(22)13-15-18/h2-15,23H,1H3,(H,24,25). The smallest absolute Gasteiger partial charge is 0.231 e. The summed E-state index contributed by atoms with van der Waals surface area (Å²) in [4.78, 5) is 12.9. The van der Waals surface area contributed by atoms with E-state index < -0.39 is 0 Å². The molecule has 0 radical (unpaired) electrons. The Kier molecular flexibility index (Phi) is 6.07. The fraction of sp³-hybridized carbons (Fsp3) is 0.0476. The zero-order valence-electron chi connectivity index (χ0n) is 14.8. The van der Waals surface area contributed by atoms with Crippen LogP contribution in [0.5, 0.6) is 0 Å². The summed E-state index contributed by atoms with van der Waals surface area (Å²) in [7, 11) is 1.82. The molecule has 3 rings (SSSR count). The first-order valence-corrected chi connectivity index (χ1v) is 8.76. The van der Waals surface area contributed by atoms with Crippen molar-refractivity contribution in [2.24, 2.45) is 5.10 Å². The molecular weight excluding hydrogens is 360 g/mol. The Balaban J connectivity index is 1.84. The van der Waals surface area contributed by atoms with Crippen LogP contribution >= 0.6 is 11.6 Å². The summed E-state index contributed by atoms with van der Waals surface area (Å²) >= 11 is 5.90. The molecule has 0 atom stereocenters. The number of ketones is 1. The number of hydrazine groups is 1. The second kappa shape index (κ2) is 8.87. The largest absolute Gasteiger partial charge is 0.290 e. The number of hydrogen-bond donors (Lipinski definition) is 2. The molecular formula is C21H19ClN4O. The van der Waals surface area contributed by atoms with Crippen molar-refractivity contribution in [3.8, 4) is 0 Å². The van der Waals surface area contributed by atoms with E-state index in [9.17, 15) is 4.79 Å². The minimum atomic E-state index is -0.222. The second-order valence-corrected chi connectivity index (χ2v) is 6.22. The summed E-state index contributed by atoms with van der Waals surface area (Å²) in [6.45, 7) is 0. The fourth-order valence-corrected chi connectivity index (χ4v) is 2.50. The van der Waals surface area contributed by atoms with E-state index in [1.54, 1.807) is 41.4 Å². The third-order valence-electron chi connectivity index (χ3n) is 3.81. The molecule has 3 aromatic carbocycles. The molecule has 0 amide bonds. The lowest BCUT2D eigenvalue weighted by atomic mass is 10.1. The fourth-order valence-electron chi connectivity index (χ4n) is 2.37. The third-order valence-corrected chi connectivity index (χ3v) is 4.06. The highest BCUT2D eigenvalue weighted by atomic mass is 35.5. The van der Waals surface area contributed by atoms with Crippen molar-refractivity contribution in [1.82, 2.24) is 5.43 Å². The van der Waals surface area contributed by atoms with Gasteiger partial charge in [-0.1, -0.05) is 60.1 Å². The topological polar surface area (TPSA) is 56.7 Å². The van der Waals surface area contributed by atoms with E-state index in [1.165, 1.54) is 0 Å². The Morgan fingerprint density at radius 3 is 2.11 bits per heavy atom. The quantitative estimate of drug-likeness (QED) is 0.285. The van der Waals surface area contributed by atoms with Gasteiger partial charge in [-0.3, -0.25) is 20.7 Å². The predicted octanol–water partition coefficient (Wildman–Crippen LogP) is 4.59. The Hall–Kier alpha value is -3.31. The van der Waals surface area contributed by atoms with Gasteiger partial charge in [-0.25, -0.2) is 0 Å². The van der Waals surface area contributed by atoms with Crippen LogP contribution in [0.15, 0.2) is 90.0 Å². The van der Waals surface area contributed by atoms with Gasteiger partial charge in [0.25, 0.3) is 0 Å². The number of halogens is 1. The summed E-state index contributed by atoms with van der Waals surface area (Å²) < 4.78 is 0. The summed E-state index contributed by atoms with van der Waals surface area (Å²) in [6.07, 6.45) is 0. The molecule has 0 saturated carbocycles. The maximum Gasteiger partial charge on any atom is 0.231 e. The van der Waals surface area contributed by atoms with E-state index in [0.29, 0.717) is 10.6 Å². The van der Waals surface area contributed by atoms with E-state index in [-0.39, 0.29) is 11.6 Å². The molecule has 0 unspecified atom stereocenters. The number of nitrogens with zero attached hydrogens (tertiary/aromatic N) is 2. The molecule has 0 bridgehead atoms. The molecule has 27 heavy (non-hydrogen) atoms. The number of hydrazone groups is 1. The number of rotatable bonds is 6. The van der Waals surface area contributed by atoms with Crippen LogP contribution in [0.25, 0.3) is 0 Å². The highest BCUT2D eigenvalue weighted by Crippen LogP contribution is 2.14. The number of Topliss-reactive ketones (excluding diaryl/α,β-unsaturated/α-hetero) is 1. The average molecular weight is 379 g/mol. The molecule has 6 heteroatoms. The summed E-state index contributed by atoms with van der Waals surface area (Å²) in [5.74, 6) is -0.0534. The van der Waals surface area contributed by atoms with Gasteiger partial charge in [0, 0.05) is 17.6 Å². The zero-order valence-corrected chi connectivity index (χ0v) is 15.5. The molecule has 0 aromatic heterocycles. The molecule has 2 N–H and O–H groups in total. The zero-order chi connectivity index (χ0) is 19.1. The van der Waals surface area contributed by atoms with E-state index in [1.807, 2.05) is 55.6 Å². The Labute approximate surface area is 163 Å². The van der Waals surface area contributed by atoms with Crippen molar-refractivity contribution >= 4 is 34.6 Å². The van der Waals surface area contributed by atoms with Gasteiger partial charge in [-0.05, 0) is 36.4 Å². The SMILES string of the molecule is CN(N/C(=N/Nc1ccc(Cl)cc1)C(=O)c1ccccc1)c1ccccc1. The minimum absolute atomic E-state index is 0.169. The van der Waals surface area contributed by atoms with Gasteiger partial charge in [-0.2, -0.15) is 5.10 Å². The van der Waals surface area contributed by atoms with Crippen LogP contribution < -0.4 is 15.9 Å². The van der Waals surface area contributed by atoms with Gasteiger partial charge in [0.1, 0.15) is 0 Å². The summed E-state index contributed by atoms with van der Waals surface area (Å²) in [6, 6.07) is 25.7. The van der Waals surface area contributed by atoms with Crippen molar-refractivity contribution in [1.29, 1.82) is 0 Å². The minimum Gasteiger partial charge on any atom is -0.290 e. The number of carbonyl (C=O) groups excluding carboxylic acids is 1. The van der Waals surface area contributed by atoms with Gasteiger partial charge in [0.15, 0.2) is 0 Å². The molecule has 5 nitrogen and oxygen atoms in total. The lowest BCUT2D eigenvalue weighted by Crippen LogP contribution is -2.43. The van der Waals surface area contributed by atoms with E-state index in [2.05, 4.69) is 16.0 Å². The van der Waals surface area contributed by atoms with Crippen molar-refractivity contribution in [2.75, 3.05) is 17.5 Å². The Morgan fingerprint density at radius 1 is 0.889 bits per heavy atom. The first kappa shape index (κ1) is 18.5. The average Bonchev–Trinajstić information content (AvgIpc) is 2.73. The third kappa shape index (κ3) is 5.09. The summed E-state index contributed by atoms with van der Waals surface area (Å²) in [5, 5.41) is 6.66. The molecule has 0 aliphatic carbocycles. The van der Waals surface area contributed by atoms with Crippen molar-refractivity contribution in [3.05, 3.63) is 95.5 Å². The van der Waals surface area contributed by atoms with E-state index in [4.69, 9.17) is 11.6 Å². The number of anilines is 2. The van der Waals surface area contributed by atoms with Crippen LogP contribution in [0.3, 0.4) is 0 Å². The molecule has 3 aromatic rings. The summed E-state index contributed by atoms with van der Waals surface area (Å²) in [5.41, 5.74) is 8.13. The lowest BCUT2D eigenvalue weighted by molar-refractivity contribution is 0.106. The Bertz CT molecular complexity index is 912. The van der Waals surface area contributed by atoms with Crippen LogP contribution in [-0.4, -0.2) is 18.7 Å². The maximum atomic E-state index is 12.9. The molecule has 136 valence electrons. The van der Waals surface area contributed by atoms with E-state index >= 15 is 0 Å². The molecule has 0 aliphatic rings. The Morgan fingerprint density at radius 2 is 1.48 bits per heavy atom. The van der Waals surface area contributed by atoms with Crippen LogP contribution in [0.2, 0.25) is 5.02 Å². The second-order valence-electron chi connectivity index (χ2n) is 5.78. The number of nitrogens with one attached hydrogen (secondary N) is 2. The van der Waals surface area contributed by atoms with E-state index in [0.717, 1.165) is 11.4 Å². The molecule has 0 aliphatic heterocycles. The number of para-hydroxylation sites is 1. The highest BCUT2D eigenvalue weighted by molar-refractivity contribution is 6.45. The first-order valence-electron chi connectivity index (χ1n) is 8.38. The van der Waals surface area contributed by atoms with Gasteiger partial charge in [-0.15, -0.1) is 0 Å².